The fourth-order valence-corrected chi connectivity index (χ4v) is 5.42. The van der Waals surface area contributed by atoms with Crippen molar-refractivity contribution in [3.05, 3.63) is 0 Å². The van der Waals surface area contributed by atoms with Gasteiger partial charge >= 0.3 is 0 Å². The molecule has 132 valence electrons. The first-order chi connectivity index (χ1) is 11.3. The van der Waals surface area contributed by atoms with Crippen molar-refractivity contribution in [2.75, 3.05) is 39.4 Å². The number of hydrogen-bond acceptors (Lipinski definition) is 4. The third-order valence-corrected chi connectivity index (χ3v) is 6.94. The van der Waals surface area contributed by atoms with E-state index < -0.39 is 0 Å². The summed E-state index contributed by atoms with van der Waals surface area (Å²) in [6, 6.07) is 1.70. The van der Waals surface area contributed by atoms with Gasteiger partial charge in [-0.05, 0) is 64.1 Å². The number of hydrogen-bond donors (Lipinski definition) is 0. The molecule has 3 saturated heterocycles. The molecule has 1 spiro atoms. The third-order valence-electron chi connectivity index (χ3n) is 6.94. The zero-order chi connectivity index (χ0) is 15.7. The van der Waals surface area contributed by atoms with Gasteiger partial charge in [-0.15, -0.1) is 0 Å². The maximum Gasteiger partial charge on any atom is 0.168 e. The second-order valence-electron chi connectivity index (χ2n) is 8.14. The molecule has 0 amide bonds. The molecule has 4 aliphatic rings. The summed E-state index contributed by atoms with van der Waals surface area (Å²) < 4.78 is 11.7. The van der Waals surface area contributed by atoms with Crippen molar-refractivity contribution in [3.63, 3.8) is 0 Å². The summed E-state index contributed by atoms with van der Waals surface area (Å²) in [6.45, 7) is 9.09. The summed E-state index contributed by atoms with van der Waals surface area (Å²) in [5, 5.41) is 0. The van der Waals surface area contributed by atoms with Crippen LogP contribution in [0.3, 0.4) is 0 Å². The van der Waals surface area contributed by atoms with Crippen molar-refractivity contribution in [2.24, 2.45) is 5.92 Å². The van der Waals surface area contributed by atoms with Crippen LogP contribution in [0, 0.1) is 5.92 Å². The van der Waals surface area contributed by atoms with Gasteiger partial charge in [0.05, 0.1) is 13.2 Å². The number of rotatable bonds is 4. The van der Waals surface area contributed by atoms with Crippen molar-refractivity contribution < 1.29 is 9.47 Å². The highest BCUT2D eigenvalue weighted by Crippen LogP contribution is 2.40. The standard InChI is InChI=1S/C19H34N2O2/c1-2-20-11-8-17-3-4-18(15-20)21(17)12-7-16-5-9-19(10-6-16)22-13-14-23-19/h16-18H,2-15H2,1H3. The van der Waals surface area contributed by atoms with Crippen molar-refractivity contribution in [3.8, 4) is 0 Å². The Morgan fingerprint density at radius 1 is 0.957 bits per heavy atom. The highest BCUT2D eigenvalue weighted by atomic mass is 16.7. The number of ether oxygens (including phenoxy) is 2. The van der Waals surface area contributed by atoms with Gasteiger partial charge in [0.15, 0.2) is 5.79 Å². The average Bonchev–Trinajstić information content (AvgIpc) is 3.12. The molecule has 0 N–H and O–H groups in total. The molecule has 1 aliphatic carbocycles. The third kappa shape index (κ3) is 3.46. The van der Waals surface area contributed by atoms with E-state index in [9.17, 15) is 0 Å². The number of fused-ring (bicyclic) bond motifs is 2. The second-order valence-corrected chi connectivity index (χ2v) is 8.14. The summed E-state index contributed by atoms with van der Waals surface area (Å²) in [7, 11) is 0. The molecule has 0 aromatic carbocycles. The van der Waals surface area contributed by atoms with E-state index in [0.717, 1.165) is 44.1 Å². The summed E-state index contributed by atoms with van der Waals surface area (Å²) in [6.07, 6.45) is 10.5. The van der Waals surface area contributed by atoms with Crippen LogP contribution in [0.4, 0.5) is 0 Å². The molecule has 1 saturated carbocycles. The maximum absolute atomic E-state index is 5.87. The predicted octanol–water partition coefficient (Wildman–Crippen LogP) is 2.87. The van der Waals surface area contributed by atoms with E-state index >= 15 is 0 Å². The lowest BCUT2D eigenvalue weighted by Gasteiger charge is -2.36. The van der Waals surface area contributed by atoms with Crippen LogP contribution in [-0.2, 0) is 9.47 Å². The monoisotopic (exact) mass is 322 g/mol. The van der Waals surface area contributed by atoms with Crippen LogP contribution in [-0.4, -0.2) is 67.1 Å². The molecule has 0 aromatic heterocycles. The Bertz CT molecular complexity index is 387. The van der Waals surface area contributed by atoms with E-state index in [1.165, 1.54) is 64.7 Å². The van der Waals surface area contributed by atoms with E-state index in [2.05, 4.69) is 16.7 Å². The average molecular weight is 322 g/mol. The first-order valence-corrected chi connectivity index (χ1v) is 10.0. The molecule has 3 aliphatic heterocycles. The fraction of sp³-hybridized carbons (Fsp3) is 1.00. The SMILES string of the molecule is CCN1CCC2CCC(C1)N2CCC1CCC2(CC1)OCCO2. The van der Waals surface area contributed by atoms with Gasteiger partial charge in [-0.1, -0.05) is 6.92 Å². The molecule has 4 rings (SSSR count). The lowest BCUT2D eigenvalue weighted by Crippen LogP contribution is -2.41. The van der Waals surface area contributed by atoms with Crippen molar-refractivity contribution in [1.82, 2.24) is 9.80 Å². The zero-order valence-corrected chi connectivity index (χ0v) is 14.8. The fourth-order valence-electron chi connectivity index (χ4n) is 5.42. The molecule has 0 aromatic rings. The van der Waals surface area contributed by atoms with Gasteiger partial charge in [-0.2, -0.15) is 0 Å². The quantitative estimate of drug-likeness (QED) is 0.794. The van der Waals surface area contributed by atoms with E-state index in [4.69, 9.17) is 9.47 Å². The van der Waals surface area contributed by atoms with Gasteiger partial charge in [0.25, 0.3) is 0 Å². The highest BCUT2D eigenvalue weighted by molar-refractivity contribution is 4.93. The second kappa shape index (κ2) is 6.99. The Kier molecular flexibility index (Phi) is 4.96. The summed E-state index contributed by atoms with van der Waals surface area (Å²) in [5.74, 6) is 0.707. The summed E-state index contributed by atoms with van der Waals surface area (Å²) in [5.41, 5.74) is 0. The van der Waals surface area contributed by atoms with E-state index in [-0.39, 0.29) is 5.79 Å². The lowest BCUT2D eigenvalue weighted by molar-refractivity contribution is -0.182. The van der Waals surface area contributed by atoms with Gasteiger partial charge < -0.3 is 14.4 Å². The van der Waals surface area contributed by atoms with Gasteiger partial charge in [0.2, 0.25) is 0 Å². The van der Waals surface area contributed by atoms with Crippen LogP contribution in [0.25, 0.3) is 0 Å². The first-order valence-electron chi connectivity index (χ1n) is 10.0. The predicted molar refractivity (Wildman–Crippen MR) is 91.5 cm³/mol. The van der Waals surface area contributed by atoms with Crippen molar-refractivity contribution in [2.45, 2.75) is 76.2 Å². The van der Waals surface area contributed by atoms with Gasteiger partial charge in [-0.3, -0.25) is 4.90 Å². The molecule has 2 atom stereocenters. The largest absolute Gasteiger partial charge is 0.348 e. The summed E-state index contributed by atoms with van der Waals surface area (Å²) in [4.78, 5) is 5.54. The van der Waals surface area contributed by atoms with E-state index in [1.807, 2.05) is 0 Å². The van der Waals surface area contributed by atoms with E-state index in [0.29, 0.717) is 0 Å². The topological polar surface area (TPSA) is 24.9 Å². The van der Waals surface area contributed by atoms with Crippen molar-refractivity contribution >= 4 is 0 Å². The molecule has 0 radical (unpaired) electrons. The number of nitrogens with zero attached hydrogens (tertiary/aromatic N) is 2. The van der Waals surface area contributed by atoms with Crippen LogP contribution in [0.15, 0.2) is 0 Å². The lowest BCUT2D eigenvalue weighted by atomic mass is 9.83. The number of likely N-dealkylation sites (tertiary alicyclic amines) is 1. The molecule has 4 nitrogen and oxygen atoms in total. The van der Waals surface area contributed by atoms with Crippen LogP contribution in [0.1, 0.15) is 58.3 Å². The molecule has 4 heteroatoms. The maximum atomic E-state index is 5.87. The van der Waals surface area contributed by atoms with Crippen LogP contribution < -0.4 is 0 Å². The Morgan fingerprint density at radius 3 is 2.43 bits per heavy atom. The first kappa shape index (κ1) is 16.3. The highest BCUT2D eigenvalue weighted by Gasteiger charge is 2.41. The van der Waals surface area contributed by atoms with Gasteiger partial charge in [-0.25, -0.2) is 0 Å². The molecule has 2 unspecified atom stereocenters. The minimum Gasteiger partial charge on any atom is -0.348 e. The molecule has 23 heavy (non-hydrogen) atoms. The van der Waals surface area contributed by atoms with Crippen LogP contribution in [0.5, 0.6) is 0 Å². The Balaban J connectivity index is 1.26. The normalized spacial score (nSPS) is 35.9. The Labute approximate surface area is 141 Å². The zero-order valence-electron chi connectivity index (χ0n) is 14.8. The number of likely N-dealkylation sites (N-methyl/N-ethyl adjacent to an activating group) is 1. The molecule has 3 heterocycles. The minimum atomic E-state index is -0.181. The van der Waals surface area contributed by atoms with Crippen molar-refractivity contribution in [1.29, 1.82) is 0 Å². The van der Waals surface area contributed by atoms with Crippen LogP contribution >= 0.6 is 0 Å². The molecular formula is C19H34N2O2. The smallest absolute Gasteiger partial charge is 0.168 e. The Hall–Kier alpha value is -0.160. The summed E-state index contributed by atoms with van der Waals surface area (Å²) >= 11 is 0. The van der Waals surface area contributed by atoms with Crippen LogP contribution in [0.2, 0.25) is 0 Å². The molecule has 4 fully saturated rings. The molecule has 2 bridgehead atoms. The van der Waals surface area contributed by atoms with Gasteiger partial charge in [0, 0.05) is 31.5 Å². The Morgan fingerprint density at radius 2 is 1.70 bits per heavy atom. The van der Waals surface area contributed by atoms with Gasteiger partial charge in [0.1, 0.15) is 0 Å². The van der Waals surface area contributed by atoms with E-state index in [1.54, 1.807) is 0 Å². The minimum absolute atomic E-state index is 0.181. The molecular weight excluding hydrogens is 288 g/mol.